The van der Waals surface area contributed by atoms with Gasteiger partial charge in [-0.05, 0) is 32.1 Å². The van der Waals surface area contributed by atoms with Crippen LogP contribution in [0.3, 0.4) is 0 Å². The molecule has 2 N–H and O–H groups in total. The maximum absolute atomic E-state index is 10.3. The molecule has 0 aromatic carbocycles. The minimum atomic E-state index is -0.704. The van der Waals surface area contributed by atoms with Gasteiger partial charge in [0, 0.05) is 6.42 Å². The zero-order valence-corrected chi connectivity index (χ0v) is 13.6. The van der Waals surface area contributed by atoms with Gasteiger partial charge in [0.25, 0.3) is 0 Å². The van der Waals surface area contributed by atoms with Crippen molar-refractivity contribution in [3.63, 3.8) is 0 Å². The maximum Gasteiger partial charge on any atom is 0.303 e. The molecule has 0 saturated heterocycles. The van der Waals surface area contributed by atoms with Crippen molar-refractivity contribution in [3.05, 3.63) is 36.5 Å². The van der Waals surface area contributed by atoms with Crippen molar-refractivity contribution in [1.29, 1.82) is 0 Å². The summed E-state index contributed by atoms with van der Waals surface area (Å²) < 4.78 is 0. The fourth-order valence-corrected chi connectivity index (χ4v) is 1.99. The summed E-state index contributed by atoms with van der Waals surface area (Å²) in [7, 11) is 0. The van der Waals surface area contributed by atoms with Crippen molar-refractivity contribution in [2.24, 2.45) is 0 Å². The van der Waals surface area contributed by atoms with Gasteiger partial charge < -0.3 is 5.11 Å². The number of allylic oxidation sites excluding steroid dienone is 4. The van der Waals surface area contributed by atoms with Crippen LogP contribution in [-0.4, -0.2) is 22.4 Å². The Morgan fingerprint density at radius 2 is 1.77 bits per heavy atom. The molecule has 0 bridgehead atoms. The van der Waals surface area contributed by atoms with E-state index in [1.807, 2.05) is 30.4 Å². The highest BCUT2D eigenvalue weighted by Gasteiger charge is 1.99. The minimum absolute atomic E-state index is 0.284. The second-order valence-corrected chi connectivity index (χ2v) is 5.27. The Hall–Kier alpha value is -1.39. The molecule has 0 aromatic heterocycles. The Morgan fingerprint density at radius 1 is 1.05 bits per heavy atom. The van der Waals surface area contributed by atoms with E-state index in [4.69, 9.17) is 10.4 Å². The smallest absolute Gasteiger partial charge is 0.303 e. The number of hydrogen-bond acceptors (Lipinski definition) is 3. The highest BCUT2D eigenvalue weighted by molar-refractivity contribution is 5.66. The molecule has 0 heterocycles. The third-order valence-electron chi connectivity index (χ3n) is 3.24. The average molecular weight is 310 g/mol. The first kappa shape index (κ1) is 20.6. The predicted molar refractivity (Wildman–Crippen MR) is 89.8 cm³/mol. The van der Waals surface area contributed by atoms with Crippen molar-refractivity contribution >= 4 is 5.97 Å². The third kappa shape index (κ3) is 15.0. The molecule has 0 aliphatic carbocycles. The molecule has 1 unspecified atom stereocenters. The SMILES string of the molecule is CC/C=C\CC(/C=C/C=C\CCCCCCCC(=O)O)OO. The fraction of sp³-hybridized carbons (Fsp3) is 0.611. The van der Waals surface area contributed by atoms with Gasteiger partial charge >= 0.3 is 5.97 Å². The Balaban J connectivity index is 3.57. The second-order valence-electron chi connectivity index (χ2n) is 5.27. The van der Waals surface area contributed by atoms with Crippen molar-refractivity contribution in [3.8, 4) is 0 Å². The summed E-state index contributed by atoms with van der Waals surface area (Å²) in [5.41, 5.74) is 0. The van der Waals surface area contributed by atoms with Crippen molar-refractivity contribution in [1.82, 2.24) is 0 Å². The highest BCUT2D eigenvalue weighted by atomic mass is 17.1. The Morgan fingerprint density at radius 3 is 2.45 bits per heavy atom. The van der Waals surface area contributed by atoms with Gasteiger partial charge in [-0.3, -0.25) is 10.1 Å². The largest absolute Gasteiger partial charge is 0.481 e. The fourth-order valence-electron chi connectivity index (χ4n) is 1.99. The summed E-state index contributed by atoms with van der Waals surface area (Å²) in [6.07, 6.45) is 19.7. The van der Waals surface area contributed by atoms with E-state index in [9.17, 15) is 4.79 Å². The van der Waals surface area contributed by atoms with E-state index in [2.05, 4.69) is 17.9 Å². The van der Waals surface area contributed by atoms with Crippen LogP contribution in [0, 0.1) is 0 Å². The lowest BCUT2D eigenvalue weighted by atomic mass is 10.1. The van der Waals surface area contributed by atoms with Crippen LogP contribution in [0.15, 0.2) is 36.5 Å². The van der Waals surface area contributed by atoms with Crippen molar-refractivity contribution in [2.45, 2.75) is 70.8 Å². The van der Waals surface area contributed by atoms with Crippen LogP contribution >= 0.6 is 0 Å². The Bertz CT molecular complexity index is 345. The molecule has 0 spiro atoms. The van der Waals surface area contributed by atoms with Crippen LogP contribution in [0.25, 0.3) is 0 Å². The van der Waals surface area contributed by atoms with Gasteiger partial charge in [0.2, 0.25) is 0 Å². The molecule has 0 rings (SSSR count). The van der Waals surface area contributed by atoms with E-state index < -0.39 is 5.97 Å². The van der Waals surface area contributed by atoms with Gasteiger partial charge in [0.1, 0.15) is 6.10 Å². The molecule has 22 heavy (non-hydrogen) atoms. The summed E-state index contributed by atoms with van der Waals surface area (Å²) in [5.74, 6) is -0.704. The Labute approximate surface area is 134 Å². The number of carboxylic acids is 1. The van der Waals surface area contributed by atoms with Crippen molar-refractivity contribution < 1.29 is 20.0 Å². The molecule has 4 heteroatoms. The molecule has 0 saturated carbocycles. The van der Waals surface area contributed by atoms with Crippen LogP contribution in [0.2, 0.25) is 0 Å². The molecule has 0 fully saturated rings. The lowest BCUT2D eigenvalue weighted by Crippen LogP contribution is -2.04. The normalized spacial score (nSPS) is 13.5. The summed E-state index contributed by atoms with van der Waals surface area (Å²) >= 11 is 0. The number of rotatable bonds is 14. The molecule has 126 valence electrons. The quantitative estimate of drug-likeness (QED) is 0.153. The van der Waals surface area contributed by atoms with Gasteiger partial charge in [0.15, 0.2) is 0 Å². The first-order valence-electron chi connectivity index (χ1n) is 8.21. The van der Waals surface area contributed by atoms with Gasteiger partial charge in [-0.1, -0.05) is 62.6 Å². The molecule has 0 aliphatic heterocycles. The summed E-state index contributed by atoms with van der Waals surface area (Å²) in [5, 5.41) is 17.3. The third-order valence-corrected chi connectivity index (χ3v) is 3.24. The van der Waals surface area contributed by atoms with Crippen LogP contribution < -0.4 is 0 Å². The number of unbranched alkanes of at least 4 members (excludes halogenated alkanes) is 5. The van der Waals surface area contributed by atoms with E-state index in [0.29, 0.717) is 6.42 Å². The standard InChI is InChI=1S/C18H30O4/c1-2-3-11-14-17(22-21)15-12-9-7-5-4-6-8-10-13-16-18(19)20/h3,7,9,11-12,15,17,21H,2,4-6,8,10,13-14,16H2,1H3,(H,19,20)/b9-7-,11-3-,15-12+. The molecule has 0 radical (unpaired) electrons. The van der Waals surface area contributed by atoms with E-state index >= 15 is 0 Å². The van der Waals surface area contributed by atoms with E-state index in [0.717, 1.165) is 44.9 Å². The van der Waals surface area contributed by atoms with Crippen molar-refractivity contribution in [2.75, 3.05) is 0 Å². The van der Waals surface area contributed by atoms with E-state index in [1.54, 1.807) is 0 Å². The van der Waals surface area contributed by atoms with Gasteiger partial charge in [-0.2, -0.15) is 0 Å². The Kier molecular flexibility index (Phi) is 15.0. The predicted octanol–water partition coefficient (Wildman–Crippen LogP) is 5.13. The monoisotopic (exact) mass is 310 g/mol. The molecule has 0 amide bonds. The molecule has 0 aliphatic rings. The summed E-state index contributed by atoms with van der Waals surface area (Å²) in [4.78, 5) is 14.7. The number of carbonyl (C=O) groups is 1. The van der Waals surface area contributed by atoms with E-state index in [-0.39, 0.29) is 12.5 Å². The maximum atomic E-state index is 10.3. The van der Waals surface area contributed by atoms with Gasteiger partial charge in [-0.15, -0.1) is 0 Å². The summed E-state index contributed by atoms with van der Waals surface area (Å²) in [6, 6.07) is 0. The lowest BCUT2D eigenvalue weighted by Gasteiger charge is -2.03. The number of aliphatic carboxylic acids is 1. The minimum Gasteiger partial charge on any atom is -0.481 e. The van der Waals surface area contributed by atoms with Gasteiger partial charge in [-0.25, -0.2) is 4.89 Å². The zero-order chi connectivity index (χ0) is 16.5. The number of hydrogen-bond donors (Lipinski definition) is 2. The van der Waals surface area contributed by atoms with Crippen LogP contribution in [-0.2, 0) is 9.68 Å². The molecular weight excluding hydrogens is 280 g/mol. The molecule has 0 aromatic rings. The van der Waals surface area contributed by atoms with Crippen LogP contribution in [0.1, 0.15) is 64.7 Å². The van der Waals surface area contributed by atoms with Gasteiger partial charge in [0.05, 0.1) is 0 Å². The first-order chi connectivity index (χ1) is 10.7. The molecule has 1 atom stereocenters. The second kappa shape index (κ2) is 16.0. The average Bonchev–Trinajstić information content (AvgIpc) is 2.50. The highest BCUT2D eigenvalue weighted by Crippen LogP contribution is 2.08. The van der Waals surface area contributed by atoms with Crippen LogP contribution in [0.4, 0.5) is 0 Å². The molecule has 4 nitrogen and oxygen atoms in total. The van der Waals surface area contributed by atoms with E-state index in [1.165, 1.54) is 0 Å². The topological polar surface area (TPSA) is 66.8 Å². The molecular formula is C18H30O4. The number of carboxylic acid groups (broad SMARTS) is 1. The summed E-state index contributed by atoms with van der Waals surface area (Å²) in [6.45, 7) is 2.07. The first-order valence-corrected chi connectivity index (χ1v) is 8.21. The van der Waals surface area contributed by atoms with Crippen LogP contribution in [0.5, 0.6) is 0 Å². The zero-order valence-electron chi connectivity index (χ0n) is 13.6. The lowest BCUT2D eigenvalue weighted by molar-refractivity contribution is -0.264.